The predicted molar refractivity (Wildman–Crippen MR) is 96.7 cm³/mol. The van der Waals surface area contributed by atoms with E-state index in [2.05, 4.69) is 5.32 Å². The Morgan fingerprint density at radius 3 is 2.52 bits per heavy atom. The van der Waals surface area contributed by atoms with E-state index in [0.29, 0.717) is 6.54 Å². The van der Waals surface area contributed by atoms with E-state index >= 15 is 0 Å². The summed E-state index contributed by atoms with van der Waals surface area (Å²) in [7, 11) is 1.70. The van der Waals surface area contributed by atoms with Crippen LogP contribution in [0.25, 0.3) is 0 Å². The second-order valence-electron chi connectivity index (χ2n) is 6.23. The molecule has 0 aliphatic rings. The summed E-state index contributed by atoms with van der Waals surface area (Å²) in [5, 5.41) is 13.6. The molecule has 8 heteroatoms. The van der Waals surface area contributed by atoms with Crippen LogP contribution in [0.2, 0.25) is 5.02 Å². The monoisotopic (exact) mass is 369 g/mol. The number of nitrogens with zero attached hydrogens (tertiary/aromatic N) is 2. The molecule has 0 radical (unpaired) electrons. The van der Waals surface area contributed by atoms with Crippen molar-refractivity contribution in [3.05, 3.63) is 38.9 Å². The molecule has 1 N–H and O–H groups in total. The molecule has 1 rings (SSSR count). The summed E-state index contributed by atoms with van der Waals surface area (Å²) in [5.41, 5.74) is -0.257. The van der Waals surface area contributed by atoms with Gasteiger partial charge in [-0.15, -0.1) is 0 Å². The molecule has 0 aliphatic heterocycles. The molecule has 0 heterocycles. The van der Waals surface area contributed by atoms with E-state index in [1.165, 1.54) is 12.1 Å². The first kappa shape index (κ1) is 20.9. The van der Waals surface area contributed by atoms with Crippen LogP contribution in [0.15, 0.2) is 18.2 Å². The van der Waals surface area contributed by atoms with Crippen molar-refractivity contribution in [2.24, 2.45) is 5.92 Å². The first-order chi connectivity index (χ1) is 11.7. The average molecular weight is 370 g/mol. The first-order valence-electron chi connectivity index (χ1n) is 8.18. The van der Waals surface area contributed by atoms with E-state index in [1.54, 1.807) is 11.9 Å². The van der Waals surface area contributed by atoms with Crippen LogP contribution in [-0.4, -0.2) is 41.3 Å². The third kappa shape index (κ3) is 5.70. The maximum Gasteiger partial charge on any atom is 0.288 e. The van der Waals surface area contributed by atoms with Gasteiger partial charge < -0.3 is 10.2 Å². The molecule has 1 aromatic rings. The second-order valence-corrected chi connectivity index (χ2v) is 6.64. The van der Waals surface area contributed by atoms with Gasteiger partial charge in [-0.25, -0.2) is 0 Å². The number of amides is 2. The SMILES string of the molecule is CCCCN(C)C(=O)C(NC(=O)c1ccc(Cl)c([N+](=O)[O-])c1)C(C)C. The molecule has 0 bridgehead atoms. The van der Waals surface area contributed by atoms with Gasteiger partial charge in [-0.1, -0.05) is 38.8 Å². The van der Waals surface area contributed by atoms with Crippen LogP contribution in [0.1, 0.15) is 44.0 Å². The maximum absolute atomic E-state index is 12.6. The van der Waals surface area contributed by atoms with Crippen LogP contribution < -0.4 is 5.32 Å². The molecule has 0 aromatic heterocycles. The third-order valence-electron chi connectivity index (χ3n) is 3.85. The molecule has 0 saturated carbocycles. The third-order valence-corrected chi connectivity index (χ3v) is 4.17. The van der Waals surface area contributed by atoms with Gasteiger partial charge in [0.15, 0.2) is 0 Å². The quantitative estimate of drug-likeness (QED) is 0.562. The number of nitrogens with one attached hydrogen (secondary N) is 1. The van der Waals surface area contributed by atoms with Crippen molar-refractivity contribution < 1.29 is 14.5 Å². The molecular weight excluding hydrogens is 346 g/mol. The van der Waals surface area contributed by atoms with Crippen molar-refractivity contribution in [3.8, 4) is 0 Å². The highest BCUT2D eigenvalue weighted by molar-refractivity contribution is 6.32. The van der Waals surface area contributed by atoms with Crippen molar-refractivity contribution in [2.45, 2.75) is 39.7 Å². The molecule has 0 aliphatic carbocycles. The van der Waals surface area contributed by atoms with Crippen molar-refractivity contribution in [3.63, 3.8) is 0 Å². The molecule has 1 aromatic carbocycles. The summed E-state index contributed by atoms with van der Waals surface area (Å²) >= 11 is 5.76. The van der Waals surface area contributed by atoms with Crippen molar-refractivity contribution in [1.29, 1.82) is 0 Å². The number of carbonyl (C=O) groups excluding carboxylic acids is 2. The standard InChI is InChI=1S/C17H24ClN3O4/c1-5-6-9-20(4)17(23)15(11(2)3)19-16(22)12-7-8-13(18)14(10-12)21(24)25/h7-8,10-11,15H,5-6,9H2,1-4H3,(H,19,22). The maximum atomic E-state index is 12.6. The van der Waals surface area contributed by atoms with Crippen molar-refractivity contribution in [2.75, 3.05) is 13.6 Å². The largest absolute Gasteiger partial charge is 0.344 e. The normalized spacial score (nSPS) is 11.9. The number of nitro groups is 1. The summed E-state index contributed by atoms with van der Waals surface area (Å²) in [4.78, 5) is 36.9. The summed E-state index contributed by atoms with van der Waals surface area (Å²) in [6.45, 7) is 6.32. The lowest BCUT2D eigenvalue weighted by Crippen LogP contribution is -2.50. The summed E-state index contributed by atoms with van der Waals surface area (Å²) < 4.78 is 0. The number of halogens is 1. The number of nitro benzene ring substituents is 1. The fourth-order valence-corrected chi connectivity index (χ4v) is 2.46. The second kappa shape index (κ2) is 9.36. The number of benzene rings is 1. The van der Waals surface area contributed by atoms with E-state index in [-0.39, 0.29) is 28.1 Å². The van der Waals surface area contributed by atoms with E-state index in [4.69, 9.17) is 11.6 Å². The Labute approximate surface area is 152 Å². The molecule has 0 fully saturated rings. The van der Waals surface area contributed by atoms with Crippen LogP contribution in [0, 0.1) is 16.0 Å². The number of hydrogen-bond acceptors (Lipinski definition) is 4. The Morgan fingerprint density at radius 1 is 1.36 bits per heavy atom. The zero-order valence-electron chi connectivity index (χ0n) is 14.9. The van der Waals surface area contributed by atoms with Gasteiger partial charge in [0.2, 0.25) is 5.91 Å². The van der Waals surface area contributed by atoms with Gasteiger partial charge in [-0.2, -0.15) is 0 Å². The fraction of sp³-hybridized carbons (Fsp3) is 0.529. The number of unbranched alkanes of at least 4 members (excludes halogenated alkanes) is 1. The Balaban J connectivity index is 2.95. The molecular formula is C17H24ClN3O4. The van der Waals surface area contributed by atoms with Crippen LogP contribution in [0.5, 0.6) is 0 Å². The molecule has 1 unspecified atom stereocenters. The summed E-state index contributed by atoms with van der Waals surface area (Å²) in [5.74, 6) is -0.848. The van der Waals surface area contributed by atoms with E-state index in [9.17, 15) is 19.7 Å². The lowest BCUT2D eigenvalue weighted by Gasteiger charge is -2.27. The average Bonchev–Trinajstić information content (AvgIpc) is 2.56. The van der Waals surface area contributed by atoms with Gasteiger partial charge in [0.25, 0.3) is 11.6 Å². The minimum Gasteiger partial charge on any atom is -0.344 e. The van der Waals surface area contributed by atoms with Gasteiger partial charge in [0.05, 0.1) is 4.92 Å². The minimum absolute atomic E-state index is 0.0441. The Bertz CT molecular complexity index is 649. The molecule has 1 atom stereocenters. The van der Waals surface area contributed by atoms with Crippen LogP contribution in [0.3, 0.4) is 0 Å². The molecule has 25 heavy (non-hydrogen) atoms. The van der Waals surface area contributed by atoms with Crippen LogP contribution in [-0.2, 0) is 4.79 Å². The zero-order valence-corrected chi connectivity index (χ0v) is 15.7. The number of hydrogen-bond donors (Lipinski definition) is 1. The molecule has 0 saturated heterocycles. The van der Waals surface area contributed by atoms with E-state index < -0.39 is 16.9 Å². The Kier molecular flexibility index (Phi) is 7.83. The zero-order chi connectivity index (χ0) is 19.1. The van der Waals surface area contributed by atoms with E-state index in [0.717, 1.165) is 18.9 Å². The minimum atomic E-state index is -0.705. The highest BCUT2D eigenvalue weighted by Gasteiger charge is 2.27. The van der Waals surface area contributed by atoms with Gasteiger partial charge in [0, 0.05) is 25.2 Å². The van der Waals surface area contributed by atoms with E-state index in [1.807, 2.05) is 20.8 Å². The van der Waals surface area contributed by atoms with Gasteiger partial charge >= 0.3 is 0 Å². The highest BCUT2D eigenvalue weighted by atomic mass is 35.5. The summed E-state index contributed by atoms with van der Waals surface area (Å²) in [6.07, 6.45) is 1.84. The van der Waals surface area contributed by atoms with Gasteiger partial charge in [-0.3, -0.25) is 19.7 Å². The Hall–Kier alpha value is -2.15. The summed E-state index contributed by atoms with van der Waals surface area (Å²) in [6, 6.07) is 3.10. The molecule has 2 amide bonds. The molecule has 0 spiro atoms. The number of carbonyl (C=O) groups is 2. The lowest BCUT2D eigenvalue weighted by molar-refractivity contribution is -0.384. The van der Waals surface area contributed by atoms with Gasteiger partial charge in [0.1, 0.15) is 11.1 Å². The smallest absolute Gasteiger partial charge is 0.288 e. The molecule has 7 nitrogen and oxygen atoms in total. The number of likely N-dealkylation sites (N-methyl/N-ethyl adjacent to an activating group) is 1. The Morgan fingerprint density at radius 2 is 2.00 bits per heavy atom. The first-order valence-corrected chi connectivity index (χ1v) is 8.56. The fourth-order valence-electron chi connectivity index (χ4n) is 2.27. The lowest BCUT2D eigenvalue weighted by atomic mass is 10.0. The molecule has 138 valence electrons. The van der Waals surface area contributed by atoms with Crippen molar-refractivity contribution in [1.82, 2.24) is 10.2 Å². The van der Waals surface area contributed by atoms with Crippen LogP contribution >= 0.6 is 11.6 Å². The predicted octanol–water partition coefficient (Wildman–Crippen LogP) is 3.26. The van der Waals surface area contributed by atoms with Crippen molar-refractivity contribution >= 4 is 29.1 Å². The highest BCUT2D eigenvalue weighted by Crippen LogP contribution is 2.25. The van der Waals surface area contributed by atoms with Crippen LogP contribution in [0.4, 0.5) is 5.69 Å². The van der Waals surface area contributed by atoms with Gasteiger partial charge in [-0.05, 0) is 24.5 Å². The number of rotatable bonds is 8. The topological polar surface area (TPSA) is 92.6 Å².